The summed E-state index contributed by atoms with van der Waals surface area (Å²) >= 11 is 2.96. The van der Waals surface area contributed by atoms with Gasteiger partial charge in [-0.1, -0.05) is 41.7 Å². The van der Waals surface area contributed by atoms with Crippen LogP contribution in [0.5, 0.6) is 0 Å². The minimum Gasteiger partial charge on any atom is -0.297 e. The maximum absolute atomic E-state index is 12.0. The van der Waals surface area contributed by atoms with Crippen molar-refractivity contribution in [3.63, 3.8) is 0 Å². The molecule has 0 saturated carbocycles. The molecule has 1 N–H and O–H groups in total. The molecule has 0 saturated heterocycles. The number of amides is 1. The van der Waals surface area contributed by atoms with Gasteiger partial charge in [0.15, 0.2) is 5.13 Å². The molecule has 0 spiro atoms. The fourth-order valence-electron chi connectivity index (χ4n) is 1.78. The summed E-state index contributed by atoms with van der Waals surface area (Å²) in [5.74, 6) is -0.0999. The normalized spacial score (nSPS) is 10.4. The van der Waals surface area contributed by atoms with Crippen molar-refractivity contribution in [2.45, 2.75) is 6.92 Å². The summed E-state index contributed by atoms with van der Waals surface area (Å²) in [5, 5.41) is 3.47. The molecule has 20 heavy (non-hydrogen) atoms. The van der Waals surface area contributed by atoms with E-state index in [0.717, 1.165) is 15.3 Å². The van der Waals surface area contributed by atoms with Crippen LogP contribution in [0.4, 0.5) is 5.13 Å². The smallest absolute Gasteiger partial charge is 0.267 e. The predicted octanol–water partition coefficient (Wildman–Crippen LogP) is 4.43. The van der Waals surface area contributed by atoms with Gasteiger partial charge in [-0.3, -0.25) is 10.1 Å². The molecule has 0 aliphatic heterocycles. The second-order valence-electron chi connectivity index (χ2n) is 4.26. The molecule has 0 fully saturated rings. The number of nitrogens with one attached hydrogen (secondary N) is 1. The second-order valence-corrected chi connectivity index (χ2v) is 6.58. The first-order valence-corrected chi connectivity index (χ1v) is 7.75. The van der Waals surface area contributed by atoms with Crippen LogP contribution in [-0.2, 0) is 0 Å². The minimum absolute atomic E-state index is 0.0999. The van der Waals surface area contributed by atoms with Gasteiger partial charge in [-0.2, -0.15) is 0 Å². The van der Waals surface area contributed by atoms with Gasteiger partial charge >= 0.3 is 0 Å². The van der Waals surface area contributed by atoms with Crippen LogP contribution in [-0.4, -0.2) is 10.9 Å². The zero-order chi connectivity index (χ0) is 13.9. The molecule has 0 aliphatic rings. The molecule has 3 rings (SSSR count). The van der Waals surface area contributed by atoms with Gasteiger partial charge in [0.05, 0.1) is 9.75 Å². The van der Waals surface area contributed by atoms with Crippen molar-refractivity contribution in [2.75, 3.05) is 5.32 Å². The van der Waals surface area contributed by atoms with Crippen molar-refractivity contribution >= 4 is 33.7 Å². The largest absolute Gasteiger partial charge is 0.297 e. The Kier molecular flexibility index (Phi) is 3.62. The zero-order valence-electron chi connectivity index (χ0n) is 10.8. The van der Waals surface area contributed by atoms with E-state index >= 15 is 0 Å². The Balaban J connectivity index is 1.76. The average Bonchev–Trinajstić information content (AvgIpc) is 3.09. The van der Waals surface area contributed by atoms with Crippen molar-refractivity contribution < 1.29 is 4.79 Å². The monoisotopic (exact) mass is 300 g/mol. The van der Waals surface area contributed by atoms with Gasteiger partial charge in [-0.05, 0) is 24.6 Å². The number of aryl methyl sites for hydroxylation is 1. The highest BCUT2D eigenvalue weighted by Gasteiger charge is 2.11. The maximum Gasteiger partial charge on any atom is 0.267 e. The van der Waals surface area contributed by atoms with Crippen molar-refractivity contribution in [3.8, 4) is 10.4 Å². The molecule has 2 heterocycles. The lowest BCUT2D eigenvalue weighted by Gasteiger charge is -1.98. The summed E-state index contributed by atoms with van der Waals surface area (Å²) in [4.78, 5) is 19.2. The zero-order valence-corrected chi connectivity index (χ0v) is 12.4. The van der Waals surface area contributed by atoms with Gasteiger partial charge in [0, 0.05) is 11.1 Å². The molecule has 3 aromatic rings. The molecule has 1 aromatic carbocycles. The van der Waals surface area contributed by atoms with Crippen LogP contribution < -0.4 is 5.32 Å². The summed E-state index contributed by atoms with van der Waals surface area (Å²) in [6.07, 6.45) is 1.79. The molecular weight excluding hydrogens is 288 g/mol. The van der Waals surface area contributed by atoms with Crippen molar-refractivity contribution in [3.05, 3.63) is 58.4 Å². The van der Waals surface area contributed by atoms with Gasteiger partial charge in [-0.25, -0.2) is 4.98 Å². The van der Waals surface area contributed by atoms with E-state index in [1.165, 1.54) is 22.7 Å². The highest BCUT2D eigenvalue weighted by molar-refractivity contribution is 7.19. The number of nitrogens with zero attached hydrogens (tertiary/aromatic N) is 1. The number of carbonyl (C=O) groups excluding carboxylic acids is 1. The number of hydrogen-bond acceptors (Lipinski definition) is 4. The van der Waals surface area contributed by atoms with Crippen molar-refractivity contribution in [1.82, 2.24) is 4.98 Å². The van der Waals surface area contributed by atoms with Crippen LogP contribution in [0.2, 0.25) is 0 Å². The number of thiophene rings is 1. The van der Waals surface area contributed by atoms with Gasteiger partial charge < -0.3 is 0 Å². The quantitative estimate of drug-likeness (QED) is 0.777. The van der Waals surface area contributed by atoms with Crippen LogP contribution in [0.1, 0.15) is 14.5 Å². The van der Waals surface area contributed by atoms with E-state index in [1.807, 2.05) is 49.4 Å². The SMILES string of the molecule is Cc1ccc(C(=O)Nc2ncc(-c3ccccc3)s2)s1. The summed E-state index contributed by atoms with van der Waals surface area (Å²) in [6.45, 7) is 1.98. The standard InChI is InChI=1S/C15H12N2OS2/c1-10-7-8-12(19-10)14(18)17-15-16-9-13(20-15)11-5-3-2-4-6-11/h2-9H,1H3,(H,16,17,18). The summed E-state index contributed by atoms with van der Waals surface area (Å²) in [5.41, 5.74) is 1.11. The summed E-state index contributed by atoms with van der Waals surface area (Å²) in [6, 6.07) is 13.8. The molecule has 2 aromatic heterocycles. The van der Waals surface area contributed by atoms with Crippen LogP contribution in [0.25, 0.3) is 10.4 Å². The first kappa shape index (κ1) is 13.0. The first-order valence-electron chi connectivity index (χ1n) is 6.11. The summed E-state index contributed by atoms with van der Waals surface area (Å²) < 4.78 is 0. The van der Waals surface area contributed by atoms with Crippen molar-refractivity contribution in [1.29, 1.82) is 0 Å². The molecule has 0 bridgehead atoms. The van der Waals surface area contributed by atoms with E-state index in [4.69, 9.17) is 0 Å². The first-order chi connectivity index (χ1) is 9.72. The predicted molar refractivity (Wildman–Crippen MR) is 84.6 cm³/mol. The van der Waals surface area contributed by atoms with E-state index in [2.05, 4.69) is 10.3 Å². The number of aromatic nitrogens is 1. The van der Waals surface area contributed by atoms with E-state index in [9.17, 15) is 4.79 Å². The second kappa shape index (κ2) is 5.56. The molecule has 5 heteroatoms. The molecule has 100 valence electrons. The molecule has 0 aliphatic carbocycles. The maximum atomic E-state index is 12.0. The van der Waals surface area contributed by atoms with E-state index in [-0.39, 0.29) is 5.91 Å². The Hall–Kier alpha value is -1.98. The lowest BCUT2D eigenvalue weighted by molar-refractivity contribution is 0.103. The number of benzene rings is 1. The molecular formula is C15H12N2OS2. The third kappa shape index (κ3) is 2.79. The number of thiazole rings is 1. The Labute approximate surface area is 124 Å². The Morgan fingerprint density at radius 2 is 1.90 bits per heavy atom. The molecule has 3 nitrogen and oxygen atoms in total. The Morgan fingerprint density at radius 3 is 2.60 bits per heavy atom. The van der Waals surface area contributed by atoms with Gasteiger partial charge in [-0.15, -0.1) is 11.3 Å². The minimum atomic E-state index is -0.0999. The van der Waals surface area contributed by atoms with Crippen LogP contribution >= 0.6 is 22.7 Å². The Morgan fingerprint density at radius 1 is 1.10 bits per heavy atom. The van der Waals surface area contributed by atoms with E-state index < -0.39 is 0 Å². The highest BCUT2D eigenvalue weighted by Crippen LogP contribution is 2.29. The molecule has 1 amide bonds. The fraction of sp³-hybridized carbons (Fsp3) is 0.0667. The molecule has 0 atom stereocenters. The molecule has 0 unspecified atom stereocenters. The number of carbonyl (C=O) groups is 1. The van der Waals surface area contributed by atoms with Crippen LogP contribution in [0.15, 0.2) is 48.7 Å². The van der Waals surface area contributed by atoms with Gasteiger partial charge in [0.2, 0.25) is 0 Å². The van der Waals surface area contributed by atoms with E-state index in [1.54, 1.807) is 6.20 Å². The average molecular weight is 300 g/mol. The van der Waals surface area contributed by atoms with Crippen LogP contribution in [0, 0.1) is 6.92 Å². The third-order valence-electron chi connectivity index (χ3n) is 2.75. The Bertz CT molecular complexity index is 731. The van der Waals surface area contributed by atoms with E-state index in [0.29, 0.717) is 10.0 Å². The fourth-order valence-corrected chi connectivity index (χ4v) is 3.36. The third-order valence-corrected chi connectivity index (χ3v) is 4.71. The van der Waals surface area contributed by atoms with Crippen molar-refractivity contribution in [2.24, 2.45) is 0 Å². The summed E-state index contributed by atoms with van der Waals surface area (Å²) in [7, 11) is 0. The highest BCUT2D eigenvalue weighted by atomic mass is 32.1. The van der Waals surface area contributed by atoms with Gasteiger partial charge in [0.25, 0.3) is 5.91 Å². The number of hydrogen-bond donors (Lipinski definition) is 1. The topological polar surface area (TPSA) is 42.0 Å². The number of rotatable bonds is 3. The number of anilines is 1. The van der Waals surface area contributed by atoms with Gasteiger partial charge in [0.1, 0.15) is 0 Å². The van der Waals surface area contributed by atoms with Crippen LogP contribution in [0.3, 0.4) is 0 Å². The lowest BCUT2D eigenvalue weighted by atomic mass is 10.2. The lowest BCUT2D eigenvalue weighted by Crippen LogP contribution is -2.09. The molecule has 0 radical (unpaired) electrons.